The van der Waals surface area contributed by atoms with Crippen LogP contribution in [0, 0.1) is 0 Å². The zero-order chi connectivity index (χ0) is 20.4. The minimum atomic E-state index is -0.0796. The zero-order valence-electron chi connectivity index (χ0n) is 16.5. The number of rotatable bonds is 7. The highest BCUT2D eigenvalue weighted by Gasteiger charge is 2.49. The number of hydrogen-bond acceptors (Lipinski definition) is 4. The summed E-state index contributed by atoms with van der Waals surface area (Å²) in [5.41, 5.74) is 2.03. The third kappa shape index (κ3) is 3.85. The van der Waals surface area contributed by atoms with E-state index in [-0.39, 0.29) is 11.3 Å². The number of ether oxygens (including phenoxy) is 1. The molecule has 1 amide bonds. The van der Waals surface area contributed by atoms with Gasteiger partial charge < -0.3 is 14.6 Å². The number of carbonyl (C=O) groups is 1. The summed E-state index contributed by atoms with van der Waals surface area (Å²) in [7, 11) is 1.99. The van der Waals surface area contributed by atoms with Crippen molar-refractivity contribution in [2.45, 2.75) is 25.2 Å². The van der Waals surface area contributed by atoms with Crippen molar-refractivity contribution in [3.05, 3.63) is 64.9 Å². The molecule has 0 aliphatic heterocycles. The van der Waals surface area contributed by atoms with Crippen LogP contribution in [0.5, 0.6) is 5.75 Å². The molecule has 1 aliphatic rings. The summed E-state index contributed by atoms with van der Waals surface area (Å²) in [5, 5.41) is 12.2. The predicted octanol–water partition coefficient (Wildman–Crippen LogP) is 3.73. The van der Waals surface area contributed by atoms with Crippen LogP contribution in [-0.2, 0) is 17.3 Å². The molecule has 29 heavy (non-hydrogen) atoms. The first-order chi connectivity index (χ1) is 14.0. The van der Waals surface area contributed by atoms with Crippen molar-refractivity contribution in [2.75, 3.05) is 13.2 Å². The summed E-state index contributed by atoms with van der Waals surface area (Å²) >= 11 is 6.52. The molecule has 1 aliphatic carbocycles. The molecule has 0 radical (unpaired) electrons. The lowest BCUT2D eigenvalue weighted by atomic mass is 9.95. The monoisotopic (exact) mass is 410 g/mol. The molecule has 3 aromatic rings. The van der Waals surface area contributed by atoms with Crippen LogP contribution < -0.4 is 10.1 Å². The van der Waals surface area contributed by atoms with Crippen LogP contribution in [-0.4, -0.2) is 33.8 Å². The average molecular weight is 411 g/mol. The maximum atomic E-state index is 10.9. The van der Waals surface area contributed by atoms with Crippen molar-refractivity contribution >= 4 is 17.5 Å². The molecular formula is C22H23ClN4O2. The zero-order valence-corrected chi connectivity index (χ0v) is 17.2. The standard InChI is InChI=1S/C22H23ClN4O2/c1-15(28)24-12-13-29-17-8-9-18(19(23)14-17)20-25-26-21(27(20)2)22(10-11-22)16-6-4-3-5-7-16/h3-9,14H,10-13H2,1-2H3,(H,24,28). The summed E-state index contributed by atoms with van der Waals surface area (Å²) in [4.78, 5) is 10.9. The Labute approximate surface area is 174 Å². The normalized spacial score (nSPS) is 14.4. The molecule has 0 atom stereocenters. The van der Waals surface area contributed by atoms with Gasteiger partial charge in [0.2, 0.25) is 5.91 Å². The molecular weight excluding hydrogens is 388 g/mol. The van der Waals surface area contributed by atoms with Gasteiger partial charge in [0.05, 0.1) is 17.0 Å². The quantitative estimate of drug-likeness (QED) is 0.602. The van der Waals surface area contributed by atoms with Gasteiger partial charge in [-0.3, -0.25) is 4.79 Å². The third-order valence-corrected chi connectivity index (χ3v) is 5.62. The first kappa shape index (κ1) is 19.5. The highest BCUT2D eigenvalue weighted by molar-refractivity contribution is 6.33. The maximum Gasteiger partial charge on any atom is 0.216 e. The molecule has 4 rings (SSSR count). The molecule has 0 bridgehead atoms. The van der Waals surface area contributed by atoms with Gasteiger partial charge in [0, 0.05) is 19.5 Å². The van der Waals surface area contributed by atoms with Crippen LogP contribution in [0.1, 0.15) is 31.2 Å². The highest BCUT2D eigenvalue weighted by atomic mass is 35.5. The first-order valence-electron chi connectivity index (χ1n) is 9.64. The SMILES string of the molecule is CC(=O)NCCOc1ccc(-c2nnc(C3(c4ccccc4)CC3)n2C)c(Cl)c1. The second-order valence-electron chi connectivity index (χ2n) is 7.33. The van der Waals surface area contributed by atoms with E-state index in [1.54, 1.807) is 6.07 Å². The summed E-state index contributed by atoms with van der Waals surface area (Å²) in [5.74, 6) is 2.26. The minimum Gasteiger partial charge on any atom is -0.492 e. The van der Waals surface area contributed by atoms with E-state index in [9.17, 15) is 4.79 Å². The summed E-state index contributed by atoms with van der Waals surface area (Å²) in [6.45, 7) is 2.30. The van der Waals surface area contributed by atoms with Crippen molar-refractivity contribution in [1.82, 2.24) is 20.1 Å². The van der Waals surface area contributed by atoms with E-state index >= 15 is 0 Å². The van der Waals surface area contributed by atoms with E-state index in [1.165, 1.54) is 12.5 Å². The number of halogens is 1. The number of benzene rings is 2. The molecule has 0 unspecified atom stereocenters. The van der Waals surface area contributed by atoms with Crippen LogP contribution >= 0.6 is 11.6 Å². The van der Waals surface area contributed by atoms with E-state index in [0.29, 0.717) is 23.9 Å². The second kappa shape index (κ2) is 7.87. The van der Waals surface area contributed by atoms with Gasteiger partial charge in [-0.05, 0) is 36.6 Å². The van der Waals surface area contributed by atoms with Crippen LogP contribution in [0.3, 0.4) is 0 Å². The lowest BCUT2D eigenvalue weighted by molar-refractivity contribution is -0.119. The van der Waals surface area contributed by atoms with Gasteiger partial charge in [0.15, 0.2) is 5.82 Å². The van der Waals surface area contributed by atoms with Crippen LogP contribution in [0.2, 0.25) is 5.02 Å². The van der Waals surface area contributed by atoms with Gasteiger partial charge in [0.1, 0.15) is 18.2 Å². The van der Waals surface area contributed by atoms with Crippen molar-refractivity contribution in [3.63, 3.8) is 0 Å². The predicted molar refractivity (Wildman–Crippen MR) is 112 cm³/mol. The molecule has 1 aromatic heterocycles. The lowest BCUT2D eigenvalue weighted by Crippen LogP contribution is -2.25. The summed E-state index contributed by atoms with van der Waals surface area (Å²) in [6, 6.07) is 16.0. The Balaban J connectivity index is 1.55. The number of nitrogens with zero attached hydrogens (tertiary/aromatic N) is 3. The highest BCUT2D eigenvalue weighted by Crippen LogP contribution is 2.53. The number of carbonyl (C=O) groups excluding carboxylic acids is 1. The third-order valence-electron chi connectivity index (χ3n) is 5.31. The fourth-order valence-corrected chi connectivity index (χ4v) is 3.92. The first-order valence-corrected chi connectivity index (χ1v) is 10.0. The van der Waals surface area contributed by atoms with E-state index in [0.717, 1.165) is 30.1 Å². The molecule has 0 saturated heterocycles. The van der Waals surface area contributed by atoms with Crippen molar-refractivity contribution in [2.24, 2.45) is 7.05 Å². The van der Waals surface area contributed by atoms with Crippen LogP contribution in [0.15, 0.2) is 48.5 Å². The fourth-order valence-electron chi connectivity index (χ4n) is 3.67. The topological polar surface area (TPSA) is 69.0 Å². The largest absolute Gasteiger partial charge is 0.492 e. The summed E-state index contributed by atoms with van der Waals surface area (Å²) in [6.07, 6.45) is 2.13. The Hall–Kier alpha value is -2.86. The molecule has 7 heteroatoms. The van der Waals surface area contributed by atoms with Gasteiger partial charge in [-0.1, -0.05) is 41.9 Å². The number of amides is 1. The fraction of sp³-hybridized carbons (Fsp3) is 0.318. The molecule has 0 spiro atoms. The van der Waals surface area contributed by atoms with E-state index in [4.69, 9.17) is 16.3 Å². The summed E-state index contributed by atoms with van der Waals surface area (Å²) < 4.78 is 7.68. The van der Waals surface area contributed by atoms with E-state index < -0.39 is 0 Å². The number of aromatic nitrogens is 3. The molecule has 1 N–H and O–H groups in total. The maximum absolute atomic E-state index is 10.9. The van der Waals surface area contributed by atoms with Crippen molar-refractivity contribution in [1.29, 1.82) is 0 Å². The van der Waals surface area contributed by atoms with Crippen LogP contribution in [0.4, 0.5) is 0 Å². The van der Waals surface area contributed by atoms with Gasteiger partial charge in [-0.25, -0.2) is 0 Å². The van der Waals surface area contributed by atoms with Gasteiger partial charge >= 0.3 is 0 Å². The Morgan fingerprint density at radius 3 is 2.62 bits per heavy atom. The smallest absolute Gasteiger partial charge is 0.216 e. The Morgan fingerprint density at radius 2 is 1.97 bits per heavy atom. The van der Waals surface area contributed by atoms with E-state index in [2.05, 4.69) is 39.8 Å². The molecule has 6 nitrogen and oxygen atoms in total. The molecule has 150 valence electrons. The average Bonchev–Trinajstić information content (AvgIpc) is 3.43. The van der Waals surface area contributed by atoms with Crippen molar-refractivity contribution in [3.8, 4) is 17.1 Å². The Morgan fingerprint density at radius 1 is 1.21 bits per heavy atom. The molecule has 1 heterocycles. The number of hydrogen-bond donors (Lipinski definition) is 1. The molecule has 2 aromatic carbocycles. The Kier molecular flexibility index (Phi) is 5.28. The Bertz CT molecular complexity index is 1030. The molecule has 1 saturated carbocycles. The van der Waals surface area contributed by atoms with Gasteiger partial charge in [-0.15, -0.1) is 10.2 Å². The van der Waals surface area contributed by atoms with Gasteiger partial charge in [-0.2, -0.15) is 0 Å². The van der Waals surface area contributed by atoms with Crippen molar-refractivity contribution < 1.29 is 9.53 Å². The minimum absolute atomic E-state index is 0.0551. The van der Waals surface area contributed by atoms with E-state index in [1.807, 2.05) is 29.8 Å². The molecule has 1 fully saturated rings. The lowest BCUT2D eigenvalue weighted by Gasteiger charge is -2.15. The second-order valence-corrected chi connectivity index (χ2v) is 7.73. The van der Waals surface area contributed by atoms with Crippen LogP contribution in [0.25, 0.3) is 11.4 Å². The number of nitrogens with one attached hydrogen (secondary N) is 1. The van der Waals surface area contributed by atoms with Gasteiger partial charge in [0.25, 0.3) is 0 Å².